The summed E-state index contributed by atoms with van der Waals surface area (Å²) in [6.45, 7) is 4.75. The normalized spacial score (nSPS) is 14.0. The fourth-order valence-corrected chi connectivity index (χ4v) is 3.62. The van der Waals surface area contributed by atoms with Gasteiger partial charge in [0.2, 0.25) is 0 Å². The number of aryl methyl sites for hydroxylation is 1. The molecule has 3 aromatic rings. The molecule has 2 aromatic heterocycles. The minimum atomic E-state index is -0.122. The van der Waals surface area contributed by atoms with Crippen molar-refractivity contribution in [3.8, 4) is 5.75 Å². The van der Waals surface area contributed by atoms with Gasteiger partial charge in [0.25, 0.3) is 5.91 Å². The van der Waals surface area contributed by atoms with Crippen LogP contribution in [0.2, 0.25) is 0 Å². The van der Waals surface area contributed by atoms with Gasteiger partial charge in [-0.25, -0.2) is 0 Å². The molecule has 0 atom stereocenters. The standard InChI is InChI=1S/C24H28N2O4/c1-19-7-9-20(10-8-19)29-18-23(27)26(16-21-6-5-15-28-21)17-22-11-12-24(30-22)25-13-3-2-4-14-25/h5-12,15H,2-4,13-14,16-18H2,1H3. The van der Waals surface area contributed by atoms with E-state index in [0.29, 0.717) is 18.8 Å². The summed E-state index contributed by atoms with van der Waals surface area (Å²) >= 11 is 0. The number of furan rings is 2. The predicted molar refractivity (Wildman–Crippen MR) is 114 cm³/mol. The number of amides is 1. The molecule has 30 heavy (non-hydrogen) atoms. The van der Waals surface area contributed by atoms with Crippen molar-refractivity contribution in [2.24, 2.45) is 0 Å². The number of ether oxygens (including phenoxy) is 1. The van der Waals surface area contributed by atoms with Gasteiger partial charge in [0.15, 0.2) is 12.5 Å². The van der Waals surface area contributed by atoms with Gasteiger partial charge >= 0.3 is 0 Å². The summed E-state index contributed by atoms with van der Waals surface area (Å²) in [5.74, 6) is 2.92. The van der Waals surface area contributed by atoms with Crippen molar-refractivity contribution in [2.75, 3.05) is 24.6 Å². The van der Waals surface area contributed by atoms with Crippen LogP contribution in [0.3, 0.4) is 0 Å². The van der Waals surface area contributed by atoms with Crippen molar-refractivity contribution < 1.29 is 18.4 Å². The third kappa shape index (κ3) is 5.26. The fourth-order valence-electron chi connectivity index (χ4n) is 3.62. The van der Waals surface area contributed by atoms with Crippen LogP contribution < -0.4 is 9.64 Å². The predicted octanol–water partition coefficient (Wildman–Crippen LogP) is 4.78. The Morgan fingerprint density at radius 2 is 1.77 bits per heavy atom. The third-order valence-electron chi connectivity index (χ3n) is 5.32. The largest absolute Gasteiger partial charge is 0.484 e. The Morgan fingerprint density at radius 1 is 1.00 bits per heavy atom. The maximum absolute atomic E-state index is 12.9. The van der Waals surface area contributed by atoms with Crippen molar-refractivity contribution in [3.63, 3.8) is 0 Å². The first-order chi connectivity index (χ1) is 14.7. The highest BCUT2D eigenvalue weighted by atomic mass is 16.5. The Balaban J connectivity index is 1.42. The van der Waals surface area contributed by atoms with Crippen molar-refractivity contribution in [1.82, 2.24) is 4.90 Å². The van der Waals surface area contributed by atoms with Crippen LogP contribution in [0.15, 0.2) is 63.6 Å². The summed E-state index contributed by atoms with van der Waals surface area (Å²) in [6, 6.07) is 15.3. The minimum Gasteiger partial charge on any atom is -0.484 e. The number of benzene rings is 1. The van der Waals surface area contributed by atoms with Crippen LogP contribution in [-0.4, -0.2) is 30.5 Å². The lowest BCUT2D eigenvalue weighted by Crippen LogP contribution is -2.34. The van der Waals surface area contributed by atoms with Gasteiger partial charge in [-0.2, -0.15) is 0 Å². The zero-order chi connectivity index (χ0) is 20.8. The minimum absolute atomic E-state index is 0.0382. The van der Waals surface area contributed by atoms with Crippen LogP contribution in [0.4, 0.5) is 5.88 Å². The monoisotopic (exact) mass is 408 g/mol. The molecule has 1 amide bonds. The topological polar surface area (TPSA) is 59.1 Å². The Labute approximate surface area is 177 Å². The second kappa shape index (κ2) is 9.57. The molecular weight excluding hydrogens is 380 g/mol. The molecule has 0 saturated carbocycles. The molecule has 0 N–H and O–H groups in total. The lowest BCUT2D eigenvalue weighted by atomic mass is 10.1. The van der Waals surface area contributed by atoms with Crippen LogP contribution in [0.5, 0.6) is 5.75 Å². The van der Waals surface area contributed by atoms with E-state index in [4.69, 9.17) is 13.6 Å². The molecular formula is C24H28N2O4. The van der Waals surface area contributed by atoms with Gasteiger partial charge in [0.1, 0.15) is 17.3 Å². The highest BCUT2D eigenvalue weighted by Crippen LogP contribution is 2.24. The first kappa shape index (κ1) is 20.1. The van der Waals surface area contributed by atoms with Crippen molar-refractivity contribution in [3.05, 3.63) is 71.9 Å². The van der Waals surface area contributed by atoms with E-state index in [-0.39, 0.29) is 12.5 Å². The zero-order valence-corrected chi connectivity index (χ0v) is 17.4. The molecule has 0 bridgehead atoms. The van der Waals surface area contributed by atoms with Crippen LogP contribution in [-0.2, 0) is 17.9 Å². The van der Waals surface area contributed by atoms with Gasteiger partial charge in [-0.1, -0.05) is 17.7 Å². The average Bonchev–Trinajstić information content (AvgIpc) is 3.46. The van der Waals surface area contributed by atoms with Gasteiger partial charge in [-0.3, -0.25) is 4.79 Å². The number of anilines is 1. The van der Waals surface area contributed by atoms with E-state index in [9.17, 15) is 4.79 Å². The molecule has 158 valence electrons. The molecule has 0 aliphatic carbocycles. The molecule has 0 unspecified atom stereocenters. The SMILES string of the molecule is Cc1ccc(OCC(=O)N(Cc2ccco2)Cc2ccc(N3CCCCC3)o2)cc1. The Bertz CT molecular complexity index is 925. The van der Waals surface area contributed by atoms with Gasteiger partial charge in [0.05, 0.1) is 19.4 Å². The number of carbonyl (C=O) groups excluding carboxylic acids is 1. The fraction of sp³-hybridized carbons (Fsp3) is 0.375. The second-order valence-corrected chi connectivity index (χ2v) is 7.72. The number of hydrogen-bond acceptors (Lipinski definition) is 5. The Hall–Kier alpha value is -3.15. The number of piperidine rings is 1. The van der Waals surface area contributed by atoms with Crippen molar-refractivity contribution >= 4 is 11.8 Å². The maximum Gasteiger partial charge on any atom is 0.261 e. The van der Waals surface area contributed by atoms with E-state index in [1.54, 1.807) is 11.2 Å². The smallest absolute Gasteiger partial charge is 0.261 e. The molecule has 4 rings (SSSR count). The molecule has 1 aromatic carbocycles. The summed E-state index contributed by atoms with van der Waals surface area (Å²) in [5, 5.41) is 0. The van der Waals surface area contributed by atoms with Gasteiger partial charge in [-0.05, 0) is 56.5 Å². The molecule has 1 fully saturated rings. The third-order valence-corrected chi connectivity index (χ3v) is 5.32. The van der Waals surface area contributed by atoms with Crippen molar-refractivity contribution in [1.29, 1.82) is 0 Å². The molecule has 6 heteroatoms. The van der Waals surface area contributed by atoms with E-state index in [2.05, 4.69) is 4.90 Å². The number of rotatable bonds is 8. The van der Waals surface area contributed by atoms with Crippen LogP contribution >= 0.6 is 0 Å². The quantitative estimate of drug-likeness (QED) is 0.537. The summed E-state index contributed by atoms with van der Waals surface area (Å²) < 4.78 is 17.2. The number of carbonyl (C=O) groups is 1. The number of hydrogen-bond donors (Lipinski definition) is 0. The molecule has 0 spiro atoms. The lowest BCUT2D eigenvalue weighted by molar-refractivity contribution is -0.135. The number of nitrogens with zero attached hydrogens (tertiary/aromatic N) is 2. The van der Waals surface area contributed by atoms with E-state index < -0.39 is 0 Å². The first-order valence-electron chi connectivity index (χ1n) is 10.5. The van der Waals surface area contributed by atoms with Crippen molar-refractivity contribution in [2.45, 2.75) is 39.3 Å². The summed E-state index contributed by atoms with van der Waals surface area (Å²) in [6.07, 6.45) is 5.27. The zero-order valence-electron chi connectivity index (χ0n) is 17.4. The Morgan fingerprint density at radius 3 is 2.50 bits per heavy atom. The summed E-state index contributed by atoms with van der Waals surface area (Å²) in [7, 11) is 0. The first-order valence-corrected chi connectivity index (χ1v) is 10.5. The maximum atomic E-state index is 12.9. The molecule has 6 nitrogen and oxygen atoms in total. The van der Waals surface area contributed by atoms with E-state index >= 15 is 0 Å². The molecule has 1 aliphatic rings. The summed E-state index contributed by atoms with van der Waals surface area (Å²) in [4.78, 5) is 16.9. The highest BCUT2D eigenvalue weighted by molar-refractivity contribution is 5.77. The molecule has 3 heterocycles. The molecule has 0 radical (unpaired) electrons. The van der Waals surface area contributed by atoms with E-state index in [1.807, 2.05) is 55.5 Å². The van der Waals surface area contributed by atoms with Crippen LogP contribution in [0.25, 0.3) is 0 Å². The molecule has 1 saturated heterocycles. The van der Waals surface area contributed by atoms with Gasteiger partial charge in [-0.15, -0.1) is 0 Å². The van der Waals surface area contributed by atoms with Crippen LogP contribution in [0, 0.1) is 6.92 Å². The van der Waals surface area contributed by atoms with E-state index in [0.717, 1.165) is 36.1 Å². The summed E-state index contributed by atoms with van der Waals surface area (Å²) in [5.41, 5.74) is 1.15. The second-order valence-electron chi connectivity index (χ2n) is 7.72. The average molecular weight is 408 g/mol. The highest BCUT2D eigenvalue weighted by Gasteiger charge is 2.20. The van der Waals surface area contributed by atoms with Gasteiger partial charge in [0, 0.05) is 19.2 Å². The van der Waals surface area contributed by atoms with Crippen LogP contribution in [0.1, 0.15) is 36.3 Å². The van der Waals surface area contributed by atoms with Gasteiger partial charge < -0.3 is 23.4 Å². The Kier molecular flexibility index (Phi) is 6.42. The van der Waals surface area contributed by atoms with E-state index in [1.165, 1.54) is 19.3 Å². The molecule has 1 aliphatic heterocycles. The lowest BCUT2D eigenvalue weighted by Gasteiger charge is -2.26.